The van der Waals surface area contributed by atoms with Crippen LogP contribution in [-0.4, -0.2) is 30.9 Å². The van der Waals surface area contributed by atoms with Gasteiger partial charge in [-0.1, -0.05) is 39.8 Å². The van der Waals surface area contributed by atoms with E-state index in [9.17, 15) is 5.11 Å². The molecule has 1 aromatic rings. The Morgan fingerprint density at radius 3 is 2.60 bits per heavy atom. The summed E-state index contributed by atoms with van der Waals surface area (Å²) in [6.07, 6.45) is 0.592. The summed E-state index contributed by atoms with van der Waals surface area (Å²) in [6.45, 7) is 12.5. The van der Waals surface area contributed by atoms with Gasteiger partial charge in [0.05, 0.1) is 0 Å². The molecule has 0 fully saturated rings. The number of aryl methyl sites for hydroxylation is 1. The third-order valence-electron chi connectivity index (χ3n) is 3.18. The molecule has 0 spiro atoms. The van der Waals surface area contributed by atoms with Gasteiger partial charge in [0, 0.05) is 6.54 Å². The van der Waals surface area contributed by atoms with Gasteiger partial charge in [-0.2, -0.15) is 0 Å². The normalized spacial score (nSPS) is 13.3. The highest BCUT2D eigenvalue weighted by Gasteiger charge is 2.19. The van der Waals surface area contributed by atoms with Crippen molar-refractivity contribution in [3.63, 3.8) is 0 Å². The van der Waals surface area contributed by atoms with Crippen molar-refractivity contribution in [2.24, 2.45) is 0 Å². The lowest BCUT2D eigenvalue weighted by molar-refractivity contribution is 0.105. The summed E-state index contributed by atoms with van der Waals surface area (Å²) < 4.78 is 5.85. The first kappa shape index (κ1) is 17.0. The maximum atomic E-state index is 9.91. The molecule has 2 N–H and O–H groups in total. The van der Waals surface area contributed by atoms with Crippen molar-refractivity contribution in [2.45, 2.75) is 52.6 Å². The Hall–Kier alpha value is -1.06. The number of benzene rings is 1. The van der Waals surface area contributed by atoms with Crippen molar-refractivity contribution >= 4 is 0 Å². The van der Waals surface area contributed by atoms with Gasteiger partial charge in [0.2, 0.25) is 0 Å². The van der Waals surface area contributed by atoms with Gasteiger partial charge in [0.25, 0.3) is 0 Å². The van der Waals surface area contributed by atoms with Gasteiger partial charge in [-0.3, -0.25) is 0 Å². The van der Waals surface area contributed by atoms with Crippen molar-refractivity contribution in [3.05, 3.63) is 29.3 Å². The van der Waals surface area contributed by atoms with E-state index in [0.29, 0.717) is 13.2 Å². The predicted octanol–water partition coefficient (Wildman–Crippen LogP) is 3.03. The molecule has 114 valence electrons. The van der Waals surface area contributed by atoms with E-state index in [2.05, 4.69) is 52.1 Å². The lowest BCUT2D eigenvalue weighted by Crippen LogP contribution is -2.32. The minimum absolute atomic E-state index is 0.0362. The van der Waals surface area contributed by atoms with Gasteiger partial charge in [0.1, 0.15) is 18.5 Å². The van der Waals surface area contributed by atoms with Crippen LogP contribution < -0.4 is 10.1 Å². The number of hydrogen-bond acceptors (Lipinski definition) is 3. The fourth-order valence-corrected chi connectivity index (χ4v) is 2.06. The highest BCUT2D eigenvalue weighted by Crippen LogP contribution is 2.32. The molecule has 1 atom stereocenters. The number of aliphatic hydroxyl groups excluding tert-OH is 1. The van der Waals surface area contributed by atoms with Gasteiger partial charge >= 0.3 is 0 Å². The summed E-state index contributed by atoms with van der Waals surface area (Å²) >= 11 is 0. The molecule has 0 amide bonds. The average Bonchev–Trinajstić information content (AvgIpc) is 2.35. The molecule has 0 saturated carbocycles. The van der Waals surface area contributed by atoms with E-state index in [1.807, 2.05) is 6.07 Å². The molecule has 0 aliphatic heterocycles. The molecule has 20 heavy (non-hydrogen) atoms. The number of hydrogen-bond donors (Lipinski definition) is 2. The predicted molar refractivity (Wildman–Crippen MR) is 84.5 cm³/mol. The molecule has 0 aliphatic carbocycles. The van der Waals surface area contributed by atoms with Gasteiger partial charge in [-0.25, -0.2) is 0 Å². The highest BCUT2D eigenvalue weighted by molar-refractivity contribution is 5.41. The van der Waals surface area contributed by atoms with Gasteiger partial charge in [0.15, 0.2) is 0 Å². The largest absolute Gasteiger partial charge is 0.491 e. The van der Waals surface area contributed by atoms with Crippen molar-refractivity contribution < 1.29 is 9.84 Å². The fourth-order valence-electron chi connectivity index (χ4n) is 2.06. The van der Waals surface area contributed by atoms with Crippen LogP contribution in [0.15, 0.2) is 18.2 Å². The van der Waals surface area contributed by atoms with Crippen molar-refractivity contribution in [1.82, 2.24) is 5.32 Å². The summed E-state index contributed by atoms with van der Waals surface area (Å²) in [4.78, 5) is 0. The Labute approximate surface area is 123 Å². The summed E-state index contributed by atoms with van der Waals surface area (Å²) in [5, 5.41) is 13.1. The maximum Gasteiger partial charge on any atom is 0.123 e. The molecule has 0 heterocycles. The number of nitrogens with one attached hydrogen (secondary N) is 1. The molecule has 1 aromatic carbocycles. The van der Waals surface area contributed by atoms with Crippen molar-refractivity contribution in [1.29, 1.82) is 0 Å². The molecule has 1 rings (SSSR count). The summed E-state index contributed by atoms with van der Waals surface area (Å²) in [5.41, 5.74) is 2.39. The van der Waals surface area contributed by atoms with E-state index < -0.39 is 6.10 Å². The molecule has 3 heteroatoms. The van der Waals surface area contributed by atoms with Crippen LogP contribution in [-0.2, 0) is 5.41 Å². The molecule has 0 saturated heterocycles. The Balaban J connectivity index is 2.65. The third-order valence-corrected chi connectivity index (χ3v) is 3.18. The smallest absolute Gasteiger partial charge is 0.123 e. The second kappa shape index (κ2) is 7.65. The van der Waals surface area contributed by atoms with E-state index in [1.54, 1.807) is 0 Å². The van der Waals surface area contributed by atoms with Crippen LogP contribution in [0.25, 0.3) is 0 Å². The van der Waals surface area contributed by atoms with E-state index in [0.717, 1.165) is 18.7 Å². The van der Waals surface area contributed by atoms with Gasteiger partial charge in [-0.05, 0) is 42.5 Å². The quantitative estimate of drug-likeness (QED) is 0.754. The molecule has 0 aromatic heterocycles. The molecule has 0 radical (unpaired) electrons. The van der Waals surface area contributed by atoms with Gasteiger partial charge < -0.3 is 15.2 Å². The van der Waals surface area contributed by atoms with Crippen LogP contribution in [0, 0.1) is 6.92 Å². The van der Waals surface area contributed by atoms with Crippen molar-refractivity contribution in [2.75, 3.05) is 19.7 Å². The second-order valence-electron chi connectivity index (χ2n) is 6.42. The Morgan fingerprint density at radius 2 is 2.00 bits per heavy atom. The number of ether oxygens (including phenoxy) is 1. The van der Waals surface area contributed by atoms with E-state index >= 15 is 0 Å². The van der Waals surface area contributed by atoms with Crippen LogP contribution >= 0.6 is 0 Å². The van der Waals surface area contributed by atoms with E-state index in [1.165, 1.54) is 11.1 Å². The van der Waals surface area contributed by atoms with Crippen molar-refractivity contribution in [3.8, 4) is 5.75 Å². The Morgan fingerprint density at radius 1 is 1.30 bits per heavy atom. The van der Waals surface area contributed by atoms with Crippen LogP contribution in [0.4, 0.5) is 0 Å². The molecule has 3 nitrogen and oxygen atoms in total. The average molecular weight is 279 g/mol. The monoisotopic (exact) mass is 279 g/mol. The Bertz CT molecular complexity index is 410. The van der Waals surface area contributed by atoms with Crippen LogP contribution in [0.1, 0.15) is 45.2 Å². The minimum atomic E-state index is -0.477. The standard InChI is InChI=1S/C17H29NO2/c1-6-9-18-11-14(19)12-20-16-10-13(2)7-8-15(16)17(3,4)5/h7-8,10,14,18-19H,6,9,11-12H2,1-5H3. The minimum Gasteiger partial charge on any atom is -0.491 e. The fraction of sp³-hybridized carbons (Fsp3) is 0.647. The van der Waals surface area contributed by atoms with Crippen LogP contribution in [0.5, 0.6) is 5.75 Å². The SMILES string of the molecule is CCCNCC(O)COc1cc(C)ccc1C(C)(C)C. The van der Waals surface area contributed by atoms with E-state index in [4.69, 9.17) is 4.74 Å². The summed E-state index contributed by atoms with van der Waals surface area (Å²) in [6, 6.07) is 6.27. The first-order chi connectivity index (χ1) is 9.34. The van der Waals surface area contributed by atoms with Crippen LogP contribution in [0.2, 0.25) is 0 Å². The Kier molecular flexibility index (Phi) is 6.50. The molecule has 0 bridgehead atoms. The van der Waals surface area contributed by atoms with Gasteiger partial charge in [-0.15, -0.1) is 0 Å². The molecular weight excluding hydrogens is 250 g/mol. The summed E-state index contributed by atoms with van der Waals surface area (Å²) in [7, 11) is 0. The molecule has 0 aliphatic rings. The second-order valence-corrected chi connectivity index (χ2v) is 6.42. The topological polar surface area (TPSA) is 41.5 Å². The summed E-state index contributed by atoms with van der Waals surface area (Å²) in [5.74, 6) is 0.882. The zero-order chi connectivity index (χ0) is 15.2. The highest BCUT2D eigenvalue weighted by atomic mass is 16.5. The van der Waals surface area contributed by atoms with Crippen LogP contribution in [0.3, 0.4) is 0 Å². The zero-order valence-electron chi connectivity index (χ0n) is 13.5. The maximum absolute atomic E-state index is 9.91. The first-order valence-electron chi connectivity index (χ1n) is 7.47. The third kappa shape index (κ3) is 5.51. The lowest BCUT2D eigenvalue weighted by atomic mass is 9.86. The van der Waals surface area contributed by atoms with E-state index in [-0.39, 0.29) is 5.41 Å². The molecule has 1 unspecified atom stereocenters. The first-order valence-corrected chi connectivity index (χ1v) is 7.47. The lowest BCUT2D eigenvalue weighted by Gasteiger charge is -2.24. The zero-order valence-corrected chi connectivity index (χ0v) is 13.5. The number of aliphatic hydroxyl groups is 1. The molecular formula is C17H29NO2. The number of rotatable bonds is 7.